The van der Waals surface area contributed by atoms with Gasteiger partial charge in [-0.3, -0.25) is 0 Å². The van der Waals surface area contributed by atoms with Gasteiger partial charge in [0.2, 0.25) is 0 Å². The summed E-state index contributed by atoms with van der Waals surface area (Å²) in [6, 6.07) is 14.9. The van der Waals surface area contributed by atoms with Crippen molar-refractivity contribution in [1.82, 2.24) is 0 Å². The average molecular weight is 258 g/mol. The average Bonchev–Trinajstić information content (AvgIpc) is 2.39. The maximum absolute atomic E-state index is 9.99. The number of ether oxygens (including phenoxy) is 2. The summed E-state index contributed by atoms with van der Waals surface area (Å²) in [7, 11) is 1.58. The summed E-state index contributed by atoms with van der Waals surface area (Å²) in [6.45, 7) is 3.47. The first kappa shape index (κ1) is 13.4. The largest absolute Gasteiger partial charge is 0.493 e. The maximum atomic E-state index is 9.99. The Hall–Kier alpha value is -2.00. The van der Waals surface area contributed by atoms with Gasteiger partial charge in [-0.25, -0.2) is 0 Å². The van der Waals surface area contributed by atoms with Crippen LogP contribution in [0.15, 0.2) is 48.5 Å². The van der Waals surface area contributed by atoms with Crippen LogP contribution in [-0.2, 0) is 5.60 Å². The van der Waals surface area contributed by atoms with Crippen molar-refractivity contribution in [3.8, 4) is 17.2 Å². The number of rotatable bonds is 4. The third-order valence-corrected chi connectivity index (χ3v) is 2.84. The van der Waals surface area contributed by atoms with E-state index in [0.29, 0.717) is 11.5 Å². The van der Waals surface area contributed by atoms with Gasteiger partial charge < -0.3 is 14.6 Å². The summed E-state index contributed by atoms with van der Waals surface area (Å²) < 4.78 is 11.1. The third kappa shape index (κ3) is 3.26. The van der Waals surface area contributed by atoms with Crippen LogP contribution in [0.2, 0.25) is 0 Å². The minimum atomic E-state index is -0.904. The first-order chi connectivity index (χ1) is 9.00. The van der Waals surface area contributed by atoms with Gasteiger partial charge in [0.1, 0.15) is 5.75 Å². The van der Waals surface area contributed by atoms with E-state index < -0.39 is 5.60 Å². The summed E-state index contributed by atoms with van der Waals surface area (Å²) in [4.78, 5) is 0. The lowest BCUT2D eigenvalue weighted by molar-refractivity contribution is 0.0783. The van der Waals surface area contributed by atoms with Gasteiger partial charge in [0.25, 0.3) is 0 Å². The van der Waals surface area contributed by atoms with Crippen molar-refractivity contribution < 1.29 is 14.6 Å². The van der Waals surface area contributed by atoms with Crippen molar-refractivity contribution in [1.29, 1.82) is 0 Å². The van der Waals surface area contributed by atoms with E-state index in [1.165, 1.54) is 0 Å². The lowest BCUT2D eigenvalue weighted by atomic mass is 9.98. The molecule has 0 radical (unpaired) electrons. The summed E-state index contributed by atoms with van der Waals surface area (Å²) in [5.41, 5.74) is -0.122. The lowest BCUT2D eigenvalue weighted by Gasteiger charge is -2.19. The molecule has 0 unspecified atom stereocenters. The first-order valence-corrected chi connectivity index (χ1v) is 6.14. The summed E-state index contributed by atoms with van der Waals surface area (Å²) in [5.74, 6) is 1.97. The Kier molecular flexibility index (Phi) is 3.76. The summed E-state index contributed by atoms with van der Waals surface area (Å²) in [6.07, 6.45) is 0. The molecule has 0 saturated carbocycles. The molecule has 0 aliphatic carbocycles. The van der Waals surface area contributed by atoms with Gasteiger partial charge in [-0.2, -0.15) is 0 Å². The first-order valence-electron chi connectivity index (χ1n) is 6.14. The third-order valence-electron chi connectivity index (χ3n) is 2.84. The lowest BCUT2D eigenvalue weighted by Crippen LogP contribution is -2.15. The van der Waals surface area contributed by atoms with Crippen molar-refractivity contribution in [2.75, 3.05) is 7.11 Å². The second-order valence-electron chi connectivity index (χ2n) is 4.84. The van der Waals surface area contributed by atoms with E-state index in [1.54, 1.807) is 33.1 Å². The highest BCUT2D eigenvalue weighted by molar-refractivity contribution is 5.46. The van der Waals surface area contributed by atoms with E-state index in [1.807, 2.05) is 36.4 Å². The highest BCUT2D eigenvalue weighted by atomic mass is 16.5. The molecule has 0 amide bonds. The fourth-order valence-electron chi connectivity index (χ4n) is 1.75. The van der Waals surface area contributed by atoms with Crippen LogP contribution in [0.5, 0.6) is 17.2 Å². The second-order valence-corrected chi connectivity index (χ2v) is 4.84. The van der Waals surface area contributed by atoms with E-state index >= 15 is 0 Å². The highest BCUT2D eigenvalue weighted by Crippen LogP contribution is 2.34. The molecule has 0 bridgehead atoms. The molecule has 0 atom stereocenters. The minimum Gasteiger partial charge on any atom is -0.493 e. The van der Waals surface area contributed by atoms with E-state index in [0.717, 1.165) is 11.3 Å². The van der Waals surface area contributed by atoms with Crippen LogP contribution in [0, 0.1) is 0 Å². The Balaban J connectivity index is 2.32. The fraction of sp³-hybridized carbons (Fsp3) is 0.250. The van der Waals surface area contributed by atoms with Crippen molar-refractivity contribution in [3.05, 3.63) is 54.1 Å². The van der Waals surface area contributed by atoms with Gasteiger partial charge in [-0.15, -0.1) is 0 Å². The Labute approximate surface area is 113 Å². The van der Waals surface area contributed by atoms with Crippen molar-refractivity contribution in [2.45, 2.75) is 19.4 Å². The Morgan fingerprint density at radius 1 is 0.947 bits per heavy atom. The van der Waals surface area contributed by atoms with Gasteiger partial charge in [0.15, 0.2) is 11.5 Å². The molecule has 0 aromatic heterocycles. The molecule has 100 valence electrons. The highest BCUT2D eigenvalue weighted by Gasteiger charge is 2.18. The topological polar surface area (TPSA) is 38.7 Å². The van der Waals surface area contributed by atoms with Crippen LogP contribution in [0.25, 0.3) is 0 Å². The molecule has 2 aromatic carbocycles. The monoisotopic (exact) mass is 258 g/mol. The number of methoxy groups -OCH3 is 1. The van der Waals surface area contributed by atoms with Crippen molar-refractivity contribution in [2.24, 2.45) is 0 Å². The smallest absolute Gasteiger partial charge is 0.169 e. The molecule has 0 fully saturated rings. The molecule has 3 nitrogen and oxygen atoms in total. The fourth-order valence-corrected chi connectivity index (χ4v) is 1.75. The van der Waals surface area contributed by atoms with Crippen LogP contribution < -0.4 is 9.47 Å². The van der Waals surface area contributed by atoms with E-state index in [4.69, 9.17) is 9.47 Å². The molecule has 3 heteroatoms. The van der Waals surface area contributed by atoms with Gasteiger partial charge in [0, 0.05) is 0 Å². The summed E-state index contributed by atoms with van der Waals surface area (Å²) in [5, 5.41) is 9.99. The quantitative estimate of drug-likeness (QED) is 0.908. The van der Waals surface area contributed by atoms with Gasteiger partial charge >= 0.3 is 0 Å². The Bertz CT molecular complexity index is 542. The Morgan fingerprint density at radius 2 is 1.63 bits per heavy atom. The number of benzene rings is 2. The van der Waals surface area contributed by atoms with Crippen LogP contribution >= 0.6 is 0 Å². The molecular weight excluding hydrogens is 240 g/mol. The molecule has 19 heavy (non-hydrogen) atoms. The molecule has 0 heterocycles. The Morgan fingerprint density at radius 3 is 2.21 bits per heavy atom. The maximum Gasteiger partial charge on any atom is 0.169 e. The normalized spacial score (nSPS) is 11.2. The summed E-state index contributed by atoms with van der Waals surface area (Å²) >= 11 is 0. The standard InChI is InChI=1S/C16H18O3/c1-16(2,17)12-9-10-14(15(11-12)18-3)19-13-7-5-4-6-8-13/h4-11,17H,1-3H3. The van der Waals surface area contributed by atoms with Crippen LogP contribution in [0.4, 0.5) is 0 Å². The van der Waals surface area contributed by atoms with E-state index in [-0.39, 0.29) is 0 Å². The SMILES string of the molecule is COc1cc(C(C)(C)O)ccc1Oc1ccccc1. The molecule has 2 aromatic rings. The molecule has 2 rings (SSSR count). The van der Waals surface area contributed by atoms with Gasteiger partial charge in [-0.05, 0) is 43.7 Å². The number of hydrogen-bond acceptors (Lipinski definition) is 3. The molecule has 1 N–H and O–H groups in total. The number of aliphatic hydroxyl groups is 1. The van der Waals surface area contributed by atoms with Gasteiger partial charge in [-0.1, -0.05) is 24.3 Å². The molecule has 0 saturated heterocycles. The van der Waals surface area contributed by atoms with Crippen molar-refractivity contribution >= 4 is 0 Å². The predicted molar refractivity (Wildman–Crippen MR) is 74.8 cm³/mol. The second kappa shape index (κ2) is 5.33. The minimum absolute atomic E-state index is 0.600. The molecular formula is C16H18O3. The zero-order chi connectivity index (χ0) is 13.9. The van der Waals surface area contributed by atoms with Crippen molar-refractivity contribution in [3.63, 3.8) is 0 Å². The predicted octanol–water partition coefficient (Wildman–Crippen LogP) is 3.71. The van der Waals surface area contributed by atoms with Crippen LogP contribution in [-0.4, -0.2) is 12.2 Å². The van der Waals surface area contributed by atoms with E-state index in [2.05, 4.69) is 0 Å². The zero-order valence-electron chi connectivity index (χ0n) is 11.4. The molecule has 0 spiro atoms. The zero-order valence-corrected chi connectivity index (χ0v) is 11.4. The number of para-hydroxylation sites is 1. The van der Waals surface area contributed by atoms with Gasteiger partial charge in [0.05, 0.1) is 12.7 Å². The van der Waals surface area contributed by atoms with Crippen LogP contribution in [0.3, 0.4) is 0 Å². The van der Waals surface area contributed by atoms with E-state index in [9.17, 15) is 5.11 Å². The molecule has 0 aliphatic rings. The molecule has 0 aliphatic heterocycles. The van der Waals surface area contributed by atoms with Crippen LogP contribution in [0.1, 0.15) is 19.4 Å². The number of hydrogen-bond donors (Lipinski definition) is 1.